The lowest BCUT2D eigenvalue weighted by molar-refractivity contribution is -0.138. The Balaban J connectivity index is 1.90. The van der Waals surface area contributed by atoms with Crippen molar-refractivity contribution in [3.8, 4) is 0 Å². The summed E-state index contributed by atoms with van der Waals surface area (Å²) in [6.45, 7) is 5.82. The highest BCUT2D eigenvalue weighted by Gasteiger charge is 2.16. The smallest absolute Gasteiger partial charge is 0.303 e. The molecule has 1 atom stereocenters. The van der Waals surface area contributed by atoms with Gasteiger partial charge in [0.2, 0.25) is 11.8 Å². The van der Waals surface area contributed by atoms with Gasteiger partial charge in [-0.1, -0.05) is 12.1 Å². The van der Waals surface area contributed by atoms with Crippen LogP contribution in [0.4, 0.5) is 11.4 Å². The Morgan fingerprint density at radius 3 is 2.32 bits per heavy atom. The number of rotatable bonds is 8. The maximum atomic E-state index is 12.5. The van der Waals surface area contributed by atoms with Gasteiger partial charge in [-0.2, -0.15) is 0 Å². The van der Waals surface area contributed by atoms with Crippen LogP contribution in [0.15, 0.2) is 47.4 Å². The second-order valence-electron chi connectivity index (χ2n) is 6.46. The molecule has 1 unspecified atom stereocenters. The van der Waals surface area contributed by atoms with Gasteiger partial charge in [-0.05, 0) is 62.2 Å². The van der Waals surface area contributed by atoms with E-state index in [1.807, 2.05) is 51.1 Å². The number of anilines is 2. The summed E-state index contributed by atoms with van der Waals surface area (Å²) < 4.78 is 0. The normalized spacial score (nSPS) is 11.5. The van der Waals surface area contributed by atoms with Crippen LogP contribution in [0.2, 0.25) is 0 Å². The van der Waals surface area contributed by atoms with Crippen LogP contribution in [0.3, 0.4) is 0 Å². The highest BCUT2D eigenvalue weighted by Crippen LogP contribution is 2.26. The molecule has 0 heterocycles. The van der Waals surface area contributed by atoms with E-state index in [1.54, 1.807) is 12.1 Å². The van der Waals surface area contributed by atoms with Gasteiger partial charge in [0, 0.05) is 22.7 Å². The number of hydrogen-bond donors (Lipinski definition) is 3. The lowest BCUT2D eigenvalue weighted by Gasteiger charge is -2.15. The van der Waals surface area contributed by atoms with E-state index in [1.165, 1.54) is 11.8 Å². The average Bonchev–Trinajstić information content (AvgIpc) is 2.65. The van der Waals surface area contributed by atoms with Gasteiger partial charge in [-0.15, -0.1) is 11.8 Å². The third-order valence-electron chi connectivity index (χ3n) is 4.25. The summed E-state index contributed by atoms with van der Waals surface area (Å²) in [5, 5.41) is 13.9. The second-order valence-corrected chi connectivity index (χ2v) is 7.88. The van der Waals surface area contributed by atoms with E-state index in [9.17, 15) is 14.4 Å². The third-order valence-corrected chi connectivity index (χ3v) is 5.36. The fourth-order valence-electron chi connectivity index (χ4n) is 2.44. The molecule has 2 aromatic carbocycles. The van der Waals surface area contributed by atoms with E-state index >= 15 is 0 Å². The number of carbonyl (C=O) groups is 3. The minimum atomic E-state index is -1.00. The molecule has 0 saturated heterocycles. The number of carboxylic acid groups (broad SMARTS) is 1. The van der Waals surface area contributed by atoms with Gasteiger partial charge in [-0.3, -0.25) is 14.4 Å². The van der Waals surface area contributed by atoms with Crippen molar-refractivity contribution >= 4 is 40.9 Å². The molecule has 0 aliphatic rings. The first kappa shape index (κ1) is 21.5. The fraction of sp³-hybridized carbons (Fsp3) is 0.286. The summed E-state index contributed by atoms with van der Waals surface area (Å²) in [5.74, 6) is -1.43. The van der Waals surface area contributed by atoms with E-state index in [4.69, 9.17) is 5.11 Å². The first-order chi connectivity index (χ1) is 13.3. The molecule has 3 N–H and O–H groups in total. The molecule has 2 rings (SSSR count). The van der Waals surface area contributed by atoms with Crippen LogP contribution in [0.5, 0.6) is 0 Å². The van der Waals surface area contributed by atoms with Gasteiger partial charge in [0.15, 0.2) is 0 Å². The van der Waals surface area contributed by atoms with Crippen molar-refractivity contribution in [2.45, 2.75) is 43.8 Å². The first-order valence-corrected chi connectivity index (χ1v) is 9.79. The lowest BCUT2D eigenvalue weighted by atomic mass is 10.1. The molecule has 0 aliphatic carbocycles. The summed E-state index contributed by atoms with van der Waals surface area (Å²) in [4.78, 5) is 35.5. The number of amides is 2. The van der Waals surface area contributed by atoms with Crippen molar-refractivity contribution in [1.82, 2.24) is 0 Å². The van der Waals surface area contributed by atoms with Crippen molar-refractivity contribution in [3.05, 3.63) is 53.6 Å². The number of carbonyl (C=O) groups excluding carboxylic acids is 2. The molecule has 2 aromatic rings. The van der Waals surface area contributed by atoms with Crippen LogP contribution in [-0.2, 0) is 14.4 Å². The van der Waals surface area contributed by atoms with E-state index in [0.717, 1.165) is 21.7 Å². The van der Waals surface area contributed by atoms with Crippen LogP contribution in [0.1, 0.15) is 30.9 Å². The van der Waals surface area contributed by atoms with Crippen molar-refractivity contribution in [2.75, 3.05) is 10.6 Å². The number of aryl methyl sites for hydroxylation is 1. The Morgan fingerprint density at radius 1 is 1.00 bits per heavy atom. The molecule has 0 aromatic heterocycles. The van der Waals surface area contributed by atoms with E-state index < -0.39 is 5.97 Å². The molecule has 28 heavy (non-hydrogen) atoms. The topological polar surface area (TPSA) is 95.5 Å². The average molecular weight is 401 g/mol. The van der Waals surface area contributed by atoms with Crippen molar-refractivity contribution in [2.24, 2.45) is 0 Å². The molecule has 148 valence electrons. The van der Waals surface area contributed by atoms with Crippen LogP contribution >= 0.6 is 11.8 Å². The van der Waals surface area contributed by atoms with Gasteiger partial charge in [0.1, 0.15) is 0 Å². The quantitative estimate of drug-likeness (QED) is 0.577. The van der Waals surface area contributed by atoms with Crippen molar-refractivity contribution in [3.63, 3.8) is 0 Å². The largest absolute Gasteiger partial charge is 0.481 e. The van der Waals surface area contributed by atoms with Crippen LogP contribution in [0, 0.1) is 13.8 Å². The number of nitrogens with one attached hydrogen (secondary N) is 2. The highest BCUT2D eigenvalue weighted by molar-refractivity contribution is 8.00. The molecule has 7 heteroatoms. The van der Waals surface area contributed by atoms with Gasteiger partial charge in [0.25, 0.3) is 0 Å². The summed E-state index contributed by atoms with van der Waals surface area (Å²) >= 11 is 1.42. The molecule has 0 aliphatic heterocycles. The zero-order chi connectivity index (χ0) is 20.7. The zero-order valence-corrected chi connectivity index (χ0v) is 16.9. The van der Waals surface area contributed by atoms with E-state index in [2.05, 4.69) is 10.6 Å². The maximum absolute atomic E-state index is 12.5. The number of carboxylic acids is 1. The van der Waals surface area contributed by atoms with Crippen LogP contribution in [0.25, 0.3) is 0 Å². The number of thioether (sulfide) groups is 1. The maximum Gasteiger partial charge on any atom is 0.303 e. The van der Waals surface area contributed by atoms with Crippen molar-refractivity contribution < 1.29 is 19.5 Å². The molecule has 6 nitrogen and oxygen atoms in total. The van der Waals surface area contributed by atoms with Gasteiger partial charge in [0.05, 0.1) is 11.7 Å². The Kier molecular flexibility index (Phi) is 7.63. The minimum absolute atomic E-state index is 0.0680. The zero-order valence-electron chi connectivity index (χ0n) is 16.1. The highest BCUT2D eigenvalue weighted by atomic mass is 32.2. The van der Waals surface area contributed by atoms with Crippen LogP contribution in [-0.4, -0.2) is 28.1 Å². The molecule has 0 radical (unpaired) electrons. The predicted octanol–water partition coefficient (Wildman–Crippen LogP) is 4.23. The Morgan fingerprint density at radius 2 is 1.68 bits per heavy atom. The van der Waals surface area contributed by atoms with E-state index in [-0.39, 0.29) is 29.9 Å². The molecule has 0 bridgehead atoms. The van der Waals surface area contributed by atoms with Gasteiger partial charge in [-0.25, -0.2) is 0 Å². The molecular weight excluding hydrogens is 376 g/mol. The summed E-state index contributed by atoms with van der Waals surface area (Å²) in [6.07, 6.45) is -0.270. The van der Waals surface area contributed by atoms with Crippen molar-refractivity contribution in [1.29, 1.82) is 0 Å². The first-order valence-electron chi connectivity index (χ1n) is 8.91. The minimum Gasteiger partial charge on any atom is -0.481 e. The Labute approximate surface area is 168 Å². The monoisotopic (exact) mass is 400 g/mol. The second kappa shape index (κ2) is 9.94. The van der Waals surface area contributed by atoms with Gasteiger partial charge >= 0.3 is 5.97 Å². The molecule has 2 amide bonds. The summed E-state index contributed by atoms with van der Waals surface area (Å²) in [5.41, 5.74) is 3.58. The number of benzene rings is 2. The Bertz CT molecular complexity index is 865. The predicted molar refractivity (Wildman–Crippen MR) is 112 cm³/mol. The SMILES string of the molecule is Cc1cccc(NC(=O)C(C)Sc2ccc(NC(=O)CCC(=O)O)cc2)c1C. The van der Waals surface area contributed by atoms with E-state index in [0.29, 0.717) is 5.69 Å². The number of hydrogen-bond acceptors (Lipinski definition) is 4. The molecular formula is C21H24N2O4S. The van der Waals surface area contributed by atoms with Crippen LogP contribution < -0.4 is 10.6 Å². The molecule has 0 spiro atoms. The fourth-order valence-corrected chi connectivity index (χ4v) is 3.31. The molecule has 0 saturated carbocycles. The standard InChI is InChI=1S/C21H24N2O4S/c1-13-5-4-6-18(14(13)2)23-21(27)15(3)28-17-9-7-16(8-10-17)22-19(24)11-12-20(25)26/h4-10,15H,11-12H2,1-3H3,(H,22,24)(H,23,27)(H,25,26). The lowest BCUT2D eigenvalue weighted by Crippen LogP contribution is -2.22. The Hall–Kier alpha value is -2.80. The third kappa shape index (κ3) is 6.42. The summed E-state index contributed by atoms with van der Waals surface area (Å²) in [7, 11) is 0. The summed E-state index contributed by atoms with van der Waals surface area (Å²) in [6, 6.07) is 12.9. The van der Waals surface area contributed by atoms with Gasteiger partial charge < -0.3 is 15.7 Å². The number of aliphatic carboxylic acids is 1. The molecule has 0 fully saturated rings.